The number of amides is 4. The molecule has 0 atom stereocenters. The summed E-state index contributed by atoms with van der Waals surface area (Å²) in [6, 6.07) is 0. The number of nitrogens with two attached hydrogens (primary N) is 1. The molecule has 0 saturated carbocycles. The number of rotatable bonds is 39. The Balaban J connectivity index is 5.31. The van der Waals surface area contributed by atoms with Crippen molar-refractivity contribution in [2.45, 2.75) is 50.5 Å². The summed E-state index contributed by atoms with van der Waals surface area (Å²) in [5.41, 5.74) is 4.10. The van der Waals surface area contributed by atoms with E-state index in [-0.39, 0.29) is 181 Å². The van der Waals surface area contributed by atoms with Crippen molar-refractivity contribution in [3.05, 3.63) is 0 Å². The van der Waals surface area contributed by atoms with Gasteiger partial charge in [0.25, 0.3) is 0 Å². The van der Waals surface area contributed by atoms with Crippen molar-refractivity contribution in [1.29, 1.82) is 0 Å². The second-order valence-corrected chi connectivity index (χ2v) is 11.7. The fourth-order valence-corrected chi connectivity index (χ4v) is 4.08. The molecule has 0 aromatic carbocycles. The zero-order chi connectivity index (χ0) is 41.0. The molecular weight excluding hydrogens is 738 g/mol. The first-order chi connectivity index (χ1) is 26.4. The number of hydrogen-bond donors (Lipinski definition) is 8. The van der Waals surface area contributed by atoms with Gasteiger partial charge in [0, 0.05) is 51.9 Å². The fourth-order valence-electron chi connectivity index (χ4n) is 4.08. The highest BCUT2D eigenvalue weighted by atomic mass is 16.5. The lowest BCUT2D eigenvalue weighted by molar-refractivity contribution is -0.139. The number of carbonyl (C=O) groups excluding carboxylic acids is 4. The Hall–Kier alpha value is -4.03. The van der Waals surface area contributed by atoms with Crippen LogP contribution in [0.1, 0.15) is 44.9 Å². The SMILES string of the molecule is NCCOCCC(=O)NC(COCCC(=O)NCCOCCC(=O)O)(COCCC(=O)NCCOCCC(=O)O)COCCC(=O)NCCOCCC(=O)O. The summed E-state index contributed by atoms with van der Waals surface area (Å²) in [5.74, 6) is -4.53. The molecule has 0 spiro atoms. The molecule has 0 aromatic rings. The first-order valence-electron chi connectivity index (χ1n) is 17.9. The molecular formula is C33H59N5O17. The summed E-state index contributed by atoms with van der Waals surface area (Å²) in [7, 11) is 0. The molecule has 0 aliphatic carbocycles. The summed E-state index contributed by atoms with van der Waals surface area (Å²) in [4.78, 5) is 81.6. The molecule has 0 heterocycles. The van der Waals surface area contributed by atoms with Gasteiger partial charge in [-0.2, -0.15) is 0 Å². The van der Waals surface area contributed by atoms with E-state index in [4.69, 9.17) is 54.2 Å². The van der Waals surface area contributed by atoms with E-state index in [1.54, 1.807) is 0 Å². The normalized spacial score (nSPS) is 11.1. The van der Waals surface area contributed by atoms with Crippen LogP contribution in [0.4, 0.5) is 0 Å². The molecule has 4 amide bonds. The summed E-state index contributed by atoms with van der Waals surface area (Å²) < 4.78 is 38.1. The van der Waals surface area contributed by atoms with Crippen molar-refractivity contribution in [1.82, 2.24) is 21.3 Å². The summed E-state index contributed by atoms with van der Waals surface area (Å²) in [5, 5.41) is 36.7. The summed E-state index contributed by atoms with van der Waals surface area (Å²) in [6.45, 7) is 0.629. The minimum atomic E-state index is -1.34. The molecule has 0 unspecified atom stereocenters. The predicted octanol–water partition coefficient (Wildman–Crippen LogP) is -2.75. The Morgan fingerprint density at radius 1 is 0.400 bits per heavy atom. The molecule has 22 heteroatoms. The minimum absolute atomic E-state index is 0.0109. The third-order valence-electron chi connectivity index (χ3n) is 6.78. The van der Waals surface area contributed by atoms with Gasteiger partial charge >= 0.3 is 17.9 Å². The van der Waals surface area contributed by atoms with Crippen molar-refractivity contribution in [2.24, 2.45) is 5.73 Å². The molecule has 9 N–H and O–H groups in total. The van der Waals surface area contributed by atoms with Crippen molar-refractivity contribution in [3.8, 4) is 0 Å². The number of ether oxygens (including phenoxy) is 7. The monoisotopic (exact) mass is 797 g/mol. The third-order valence-corrected chi connectivity index (χ3v) is 6.78. The number of carboxylic acid groups (broad SMARTS) is 3. The highest BCUT2D eigenvalue weighted by molar-refractivity contribution is 5.77. The second kappa shape index (κ2) is 34.5. The van der Waals surface area contributed by atoms with Gasteiger partial charge in [-0.15, -0.1) is 0 Å². The zero-order valence-electron chi connectivity index (χ0n) is 31.3. The molecule has 0 bridgehead atoms. The van der Waals surface area contributed by atoms with Gasteiger partial charge in [0.15, 0.2) is 0 Å². The van der Waals surface area contributed by atoms with Crippen LogP contribution >= 0.6 is 0 Å². The molecule has 0 aliphatic rings. The average Bonchev–Trinajstić information content (AvgIpc) is 3.13. The maximum absolute atomic E-state index is 13.0. The van der Waals surface area contributed by atoms with Crippen LogP contribution in [0.5, 0.6) is 0 Å². The van der Waals surface area contributed by atoms with Gasteiger partial charge in [-0.3, -0.25) is 33.6 Å². The molecule has 0 aliphatic heterocycles. The third kappa shape index (κ3) is 34.2. The molecule has 0 radical (unpaired) electrons. The largest absolute Gasteiger partial charge is 0.481 e. The lowest BCUT2D eigenvalue weighted by Crippen LogP contribution is -2.59. The predicted molar refractivity (Wildman–Crippen MR) is 190 cm³/mol. The minimum Gasteiger partial charge on any atom is -0.481 e. The number of carbonyl (C=O) groups is 7. The fraction of sp³-hybridized carbons (Fsp3) is 0.788. The second-order valence-electron chi connectivity index (χ2n) is 11.7. The van der Waals surface area contributed by atoms with E-state index in [2.05, 4.69) is 21.3 Å². The van der Waals surface area contributed by atoms with E-state index < -0.39 is 29.4 Å². The molecule has 318 valence electrons. The number of aliphatic carboxylic acids is 3. The van der Waals surface area contributed by atoms with Crippen molar-refractivity contribution in [2.75, 3.05) is 119 Å². The Morgan fingerprint density at radius 2 is 0.691 bits per heavy atom. The first-order valence-corrected chi connectivity index (χ1v) is 17.9. The Morgan fingerprint density at radius 3 is 1.02 bits per heavy atom. The summed E-state index contributed by atoms with van der Waals surface area (Å²) >= 11 is 0. The standard InChI is InChI=1S/C33H59N5O17/c34-8-19-49-12-4-29(42)38-33(23-53-13-1-26(39)35-9-20-50-16-5-30(43)44,24-54-14-2-27(40)36-10-21-51-17-6-31(45)46)25-55-15-3-28(41)37-11-22-52-18-7-32(47)48/h1-25,34H2,(H,35,39)(H,36,40)(H,37,41)(H,38,42)(H,43,44)(H,45,46)(H,47,48). The van der Waals surface area contributed by atoms with Crippen LogP contribution in [0.2, 0.25) is 0 Å². The Kier molecular flexibility index (Phi) is 31.9. The topological polar surface area (TPSA) is 319 Å². The molecule has 0 aromatic heterocycles. The van der Waals surface area contributed by atoms with Gasteiger partial charge in [0.1, 0.15) is 5.54 Å². The van der Waals surface area contributed by atoms with Gasteiger partial charge in [-0.1, -0.05) is 0 Å². The van der Waals surface area contributed by atoms with Gasteiger partial charge < -0.3 is 75.5 Å². The molecule has 22 nitrogen and oxygen atoms in total. The smallest absolute Gasteiger partial charge is 0.305 e. The van der Waals surface area contributed by atoms with E-state index in [0.29, 0.717) is 0 Å². The van der Waals surface area contributed by atoms with Crippen LogP contribution in [-0.4, -0.2) is 181 Å². The molecule has 0 saturated heterocycles. The molecule has 0 fully saturated rings. The molecule has 0 rings (SSSR count). The van der Waals surface area contributed by atoms with Crippen molar-refractivity contribution in [3.63, 3.8) is 0 Å². The van der Waals surface area contributed by atoms with E-state index in [0.717, 1.165) is 0 Å². The first kappa shape index (κ1) is 51.0. The average molecular weight is 798 g/mol. The van der Waals surface area contributed by atoms with Gasteiger partial charge in [0.05, 0.1) is 112 Å². The highest BCUT2D eigenvalue weighted by Crippen LogP contribution is 2.11. The number of carboxylic acids is 3. The van der Waals surface area contributed by atoms with E-state index in [1.807, 2.05) is 0 Å². The van der Waals surface area contributed by atoms with Crippen LogP contribution in [0.25, 0.3) is 0 Å². The Bertz CT molecular complexity index is 1000. The van der Waals surface area contributed by atoms with E-state index in [1.165, 1.54) is 0 Å². The highest BCUT2D eigenvalue weighted by Gasteiger charge is 2.34. The lowest BCUT2D eigenvalue weighted by atomic mass is 10.0. The number of nitrogens with one attached hydrogen (secondary N) is 4. The maximum Gasteiger partial charge on any atom is 0.305 e. The van der Waals surface area contributed by atoms with Gasteiger partial charge in [-0.05, 0) is 0 Å². The van der Waals surface area contributed by atoms with Gasteiger partial charge in [-0.25, -0.2) is 0 Å². The maximum atomic E-state index is 13.0. The zero-order valence-corrected chi connectivity index (χ0v) is 31.3. The van der Waals surface area contributed by atoms with Crippen LogP contribution in [0.3, 0.4) is 0 Å². The molecule has 55 heavy (non-hydrogen) atoms. The summed E-state index contributed by atoms with van der Waals surface area (Å²) in [6.07, 6.45) is -0.707. The van der Waals surface area contributed by atoms with Crippen LogP contribution in [0.15, 0.2) is 0 Å². The van der Waals surface area contributed by atoms with Gasteiger partial charge in [0.2, 0.25) is 23.6 Å². The van der Waals surface area contributed by atoms with Crippen molar-refractivity contribution < 1.29 is 82.0 Å². The van der Waals surface area contributed by atoms with E-state index in [9.17, 15) is 33.6 Å². The van der Waals surface area contributed by atoms with Crippen LogP contribution in [0, 0.1) is 0 Å². The Labute approximate surface area is 319 Å². The van der Waals surface area contributed by atoms with Crippen LogP contribution in [-0.2, 0) is 66.7 Å². The lowest BCUT2D eigenvalue weighted by Gasteiger charge is -2.34. The number of hydrogen-bond acceptors (Lipinski definition) is 15. The van der Waals surface area contributed by atoms with Crippen LogP contribution < -0.4 is 27.0 Å². The quantitative estimate of drug-likeness (QED) is 0.0292. The van der Waals surface area contributed by atoms with Crippen molar-refractivity contribution >= 4 is 41.5 Å². The van der Waals surface area contributed by atoms with E-state index >= 15 is 0 Å².